The second-order valence-electron chi connectivity index (χ2n) is 4.03. The number of benzene rings is 1. The zero-order valence-electron chi connectivity index (χ0n) is 10.4. The lowest BCUT2D eigenvalue weighted by atomic mass is 10.2. The Bertz CT molecular complexity index is 479. The summed E-state index contributed by atoms with van der Waals surface area (Å²) in [6.07, 6.45) is 2.01. The van der Waals surface area contributed by atoms with E-state index in [9.17, 15) is 8.42 Å². The highest BCUT2D eigenvalue weighted by molar-refractivity contribution is 7.89. The number of primary sulfonamides is 1. The maximum atomic E-state index is 11.2. The topological polar surface area (TPSA) is 69.4 Å². The quantitative estimate of drug-likeness (QED) is 0.879. The highest BCUT2D eigenvalue weighted by Crippen LogP contribution is 2.23. The van der Waals surface area contributed by atoms with Crippen molar-refractivity contribution in [3.8, 4) is 5.75 Å². The second kappa shape index (κ2) is 5.51. The average molecular weight is 257 g/mol. The molecule has 0 bridgehead atoms. The van der Waals surface area contributed by atoms with Crippen molar-refractivity contribution in [2.75, 3.05) is 0 Å². The Labute approximate surface area is 103 Å². The molecule has 0 aliphatic carbocycles. The van der Waals surface area contributed by atoms with Crippen LogP contribution in [0.5, 0.6) is 5.75 Å². The van der Waals surface area contributed by atoms with Crippen molar-refractivity contribution in [1.82, 2.24) is 0 Å². The van der Waals surface area contributed by atoms with Gasteiger partial charge in [-0.1, -0.05) is 13.8 Å². The third kappa shape index (κ3) is 3.71. The van der Waals surface area contributed by atoms with E-state index in [1.165, 1.54) is 12.1 Å². The zero-order valence-corrected chi connectivity index (χ0v) is 11.3. The number of hydrogen-bond donors (Lipinski definition) is 1. The Morgan fingerprint density at radius 1 is 1.29 bits per heavy atom. The molecular formula is C12H19NO3S. The van der Waals surface area contributed by atoms with Gasteiger partial charge < -0.3 is 4.74 Å². The van der Waals surface area contributed by atoms with Crippen LogP contribution in [0.3, 0.4) is 0 Å². The maximum Gasteiger partial charge on any atom is 0.238 e. The lowest BCUT2D eigenvalue weighted by Crippen LogP contribution is -2.15. The van der Waals surface area contributed by atoms with Crippen molar-refractivity contribution >= 4 is 10.0 Å². The molecule has 96 valence electrons. The van der Waals surface area contributed by atoms with Gasteiger partial charge in [-0.25, -0.2) is 13.6 Å². The van der Waals surface area contributed by atoms with Crippen LogP contribution in [-0.4, -0.2) is 14.5 Å². The Morgan fingerprint density at radius 2 is 1.88 bits per heavy atom. The van der Waals surface area contributed by atoms with Crippen molar-refractivity contribution in [2.24, 2.45) is 5.14 Å². The van der Waals surface area contributed by atoms with Gasteiger partial charge in [0.25, 0.3) is 0 Å². The molecule has 17 heavy (non-hydrogen) atoms. The third-order valence-electron chi connectivity index (χ3n) is 2.68. The Balaban J connectivity index is 2.98. The van der Waals surface area contributed by atoms with Crippen LogP contribution in [-0.2, 0) is 10.0 Å². The molecule has 0 aromatic heterocycles. The van der Waals surface area contributed by atoms with E-state index in [4.69, 9.17) is 9.88 Å². The molecule has 2 N–H and O–H groups in total. The fourth-order valence-corrected chi connectivity index (χ4v) is 2.16. The fraction of sp³-hybridized carbons (Fsp3) is 0.500. The molecule has 0 amide bonds. The Kier molecular flexibility index (Phi) is 4.54. The molecule has 5 heteroatoms. The Morgan fingerprint density at radius 3 is 2.29 bits per heavy atom. The lowest BCUT2D eigenvalue weighted by molar-refractivity contribution is 0.191. The largest absolute Gasteiger partial charge is 0.490 e. The van der Waals surface area contributed by atoms with Crippen LogP contribution < -0.4 is 9.88 Å². The van der Waals surface area contributed by atoms with Crippen LogP contribution in [0.1, 0.15) is 32.3 Å². The molecule has 0 aliphatic heterocycles. The summed E-state index contributed by atoms with van der Waals surface area (Å²) in [5.74, 6) is 0.714. The summed E-state index contributed by atoms with van der Waals surface area (Å²) >= 11 is 0. The molecule has 0 spiro atoms. The Hall–Kier alpha value is -1.07. The van der Waals surface area contributed by atoms with Crippen molar-refractivity contribution in [3.63, 3.8) is 0 Å². The standard InChI is InChI=1S/C12H19NO3S/c1-4-10(5-2)16-12-7-6-11(8-9(12)3)17(13,14)15/h6-8,10H,4-5H2,1-3H3,(H2,13,14,15). The van der Waals surface area contributed by atoms with Crippen LogP contribution in [0, 0.1) is 6.92 Å². The molecule has 4 nitrogen and oxygen atoms in total. The maximum absolute atomic E-state index is 11.2. The summed E-state index contributed by atoms with van der Waals surface area (Å²) in [7, 11) is -3.64. The fourth-order valence-electron chi connectivity index (χ4n) is 1.57. The number of sulfonamides is 1. The van der Waals surface area contributed by atoms with Crippen LogP contribution in [0.4, 0.5) is 0 Å². The number of hydrogen-bond acceptors (Lipinski definition) is 3. The normalized spacial score (nSPS) is 11.8. The molecule has 0 saturated heterocycles. The molecule has 0 atom stereocenters. The van der Waals surface area contributed by atoms with E-state index < -0.39 is 10.0 Å². The average Bonchev–Trinajstić information content (AvgIpc) is 2.26. The van der Waals surface area contributed by atoms with Crippen LogP contribution in [0.25, 0.3) is 0 Å². The van der Waals surface area contributed by atoms with Crippen LogP contribution in [0.2, 0.25) is 0 Å². The number of rotatable bonds is 5. The summed E-state index contributed by atoms with van der Waals surface area (Å²) in [5, 5.41) is 5.06. The van der Waals surface area contributed by atoms with Gasteiger partial charge in [0, 0.05) is 0 Å². The first kappa shape index (κ1) is 14.0. The lowest BCUT2D eigenvalue weighted by Gasteiger charge is -2.17. The number of nitrogens with two attached hydrogens (primary N) is 1. The SMILES string of the molecule is CCC(CC)Oc1ccc(S(N)(=O)=O)cc1C. The minimum atomic E-state index is -3.64. The smallest absolute Gasteiger partial charge is 0.238 e. The first-order valence-corrected chi connectivity index (χ1v) is 7.23. The molecule has 1 aromatic carbocycles. The minimum absolute atomic E-state index is 0.117. The summed E-state index contributed by atoms with van der Waals surface area (Å²) < 4.78 is 28.1. The van der Waals surface area contributed by atoms with Gasteiger partial charge in [0.05, 0.1) is 11.0 Å². The monoisotopic (exact) mass is 257 g/mol. The van der Waals surface area contributed by atoms with Crippen LogP contribution in [0.15, 0.2) is 23.1 Å². The highest BCUT2D eigenvalue weighted by atomic mass is 32.2. The zero-order chi connectivity index (χ0) is 13.1. The van der Waals surface area contributed by atoms with E-state index in [1.807, 2.05) is 6.92 Å². The van der Waals surface area contributed by atoms with Gasteiger partial charge in [0.2, 0.25) is 10.0 Å². The predicted molar refractivity (Wildman–Crippen MR) is 67.6 cm³/mol. The van der Waals surface area contributed by atoms with Gasteiger partial charge >= 0.3 is 0 Å². The number of aryl methyl sites for hydroxylation is 1. The van der Waals surface area contributed by atoms with E-state index in [0.717, 1.165) is 18.4 Å². The summed E-state index contributed by atoms with van der Waals surface area (Å²) in [6, 6.07) is 4.67. The van der Waals surface area contributed by atoms with Crippen molar-refractivity contribution in [3.05, 3.63) is 23.8 Å². The van der Waals surface area contributed by atoms with Gasteiger partial charge in [-0.3, -0.25) is 0 Å². The van der Waals surface area contributed by atoms with E-state index >= 15 is 0 Å². The molecule has 0 unspecified atom stereocenters. The molecule has 0 heterocycles. The minimum Gasteiger partial charge on any atom is -0.490 e. The van der Waals surface area contributed by atoms with Crippen molar-refractivity contribution < 1.29 is 13.2 Å². The molecule has 0 saturated carbocycles. The van der Waals surface area contributed by atoms with E-state index in [2.05, 4.69) is 13.8 Å². The molecular weight excluding hydrogens is 238 g/mol. The molecule has 1 rings (SSSR count). The van der Waals surface area contributed by atoms with E-state index in [0.29, 0.717) is 5.75 Å². The van der Waals surface area contributed by atoms with Gasteiger partial charge in [-0.2, -0.15) is 0 Å². The molecule has 0 fully saturated rings. The first-order chi connectivity index (χ1) is 7.88. The summed E-state index contributed by atoms with van der Waals surface area (Å²) in [6.45, 7) is 5.93. The van der Waals surface area contributed by atoms with E-state index in [1.54, 1.807) is 6.07 Å². The van der Waals surface area contributed by atoms with Gasteiger partial charge in [-0.05, 0) is 43.5 Å². The molecule has 0 radical (unpaired) electrons. The highest BCUT2D eigenvalue weighted by Gasteiger charge is 2.12. The number of ether oxygens (including phenoxy) is 1. The molecule has 0 aliphatic rings. The van der Waals surface area contributed by atoms with Crippen molar-refractivity contribution in [2.45, 2.75) is 44.6 Å². The van der Waals surface area contributed by atoms with Gasteiger partial charge in [0.15, 0.2) is 0 Å². The summed E-state index contributed by atoms with van der Waals surface area (Å²) in [5.41, 5.74) is 0.781. The first-order valence-electron chi connectivity index (χ1n) is 5.68. The van der Waals surface area contributed by atoms with E-state index in [-0.39, 0.29) is 11.0 Å². The second-order valence-corrected chi connectivity index (χ2v) is 5.59. The third-order valence-corrected chi connectivity index (χ3v) is 3.59. The van der Waals surface area contributed by atoms with Gasteiger partial charge in [-0.15, -0.1) is 0 Å². The van der Waals surface area contributed by atoms with Crippen LogP contribution >= 0.6 is 0 Å². The van der Waals surface area contributed by atoms with Gasteiger partial charge in [0.1, 0.15) is 5.75 Å². The van der Waals surface area contributed by atoms with Crippen molar-refractivity contribution in [1.29, 1.82) is 0 Å². The molecule has 1 aromatic rings. The summed E-state index contributed by atoms with van der Waals surface area (Å²) in [4.78, 5) is 0.117. The predicted octanol–water partition coefficient (Wildman–Crippen LogP) is 2.21.